The molecule has 0 radical (unpaired) electrons. The molecule has 1 aromatic rings. The third-order valence-corrected chi connectivity index (χ3v) is 3.18. The van der Waals surface area contributed by atoms with Crippen LogP contribution < -0.4 is 4.90 Å². The Morgan fingerprint density at radius 1 is 1.44 bits per heavy atom. The van der Waals surface area contributed by atoms with Gasteiger partial charge in [0.1, 0.15) is 6.07 Å². The maximum absolute atomic E-state index is 9.23. The summed E-state index contributed by atoms with van der Waals surface area (Å²) < 4.78 is 5.90. The summed E-state index contributed by atoms with van der Waals surface area (Å²) in [6.45, 7) is 9.97. The molecular weight excluding hydrogens is 224 g/mol. The van der Waals surface area contributed by atoms with Crippen molar-refractivity contribution in [2.24, 2.45) is 0 Å². The van der Waals surface area contributed by atoms with Gasteiger partial charge in [-0.1, -0.05) is 6.07 Å². The molecule has 1 atom stereocenters. The average molecular weight is 244 g/mol. The van der Waals surface area contributed by atoms with Gasteiger partial charge >= 0.3 is 0 Å². The Kier molecular flexibility index (Phi) is 3.32. The van der Waals surface area contributed by atoms with Crippen molar-refractivity contribution in [3.8, 4) is 6.07 Å². The van der Waals surface area contributed by atoms with Crippen LogP contribution in [0.15, 0.2) is 18.2 Å². The fourth-order valence-corrected chi connectivity index (χ4v) is 2.64. The highest BCUT2D eigenvalue weighted by atomic mass is 16.5. The molecule has 0 amide bonds. The van der Waals surface area contributed by atoms with Crippen molar-refractivity contribution < 1.29 is 4.74 Å². The number of rotatable bonds is 1. The Morgan fingerprint density at radius 3 is 2.78 bits per heavy atom. The fourth-order valence-electron chi connectivity index (χ4n) is 2.64. The van der Waals surface area contributed by atoms with Crippen LogP contribution in [0.3, 0.4) is 0 Å². The molecule has 0 N–H and O–H groups in total. The molecule has 1 unspecified atom stereocenters. The van der Waals surface area contributed by atoms with Crippen LogP contribution in [0.25, 0.3) is 0 Å². The second-order valence-corrected chi connectivity index (χ2v) is 5.70. The van der Waals surface area contributed by atoms with Crippen molar-refractivity contribution >= 4 is 5.69 Å². The largest absolute Gasteiger partial charge is 0.369 e. The second-order valence-electron chi connectivity index (χ2n) is 5.70. The molecule has 1 aliphatic heterocycles. The molecule has 96 valence electrons. The van der Waals surface area contributed by atoms with Gasteiger partial charge in [0, 0.05) is 13.1 Å². The molecule has 0 aliphatic carbocycles. The summed E-state index contributed by atoms with van der Waals surface area (Å²) in [4.78, 5) is 2.26. The van der Waals surface area contributed by atoms with Gasteiger partial charge < -0.3 is 9.64 Å². The van der Waals surface area contributed by atoms with Crippen molar-refractivity contribution in [3.05, 3.63) is 29.3 Å². The third kappa shape index (κ3) is 2.65. The zero-order valence-corrected chi connectivity index (χ0v) is 11.5. The molecule has 3 heteroatoms. The lowest BCUT2D eigenvalue weighted by Gasteiger charge is -2.43. The highest BCUT2D eigenvalue weighted by Gasteiger charge is 2.32. The zero-order valence-electron chi connectivity index (χ0n) is 11.5. The third-order valence-electron chi connectivity index (χ3n) is 3.18. The van der Waals surface area contributed by atoms with E-state index in [-0.39, 0.29) is 11.7 Å². The first kappa shape index (κ1) is 12.9. The molecule has 3 nitrogen and oxygen atoms in total. The zero-order chi connectivity index (χ0) is 13.3. The van der Waals surface area contributed by atoms with Crippen molar-refractivity contribution in [2.45, 2.75) is 39.4 Å². The molecule has 0 bridgehead atoms. The maximum atomic E-state index is 9.23. The highest BCUT2D eigenvalue weighted by Crippen LogP contribution is 2.28. The van der Waals surface area contributed by atoms with Crippen molar-refractivity contribution in [1.29, 1.82) is 5.26 Å². The van der Waals surface area contributed by atoms with Crippen LogP contribution in [0.5, 0.6) is 0 Å². The van der Waals surface area contributed by atoms with Gasteiger partial charge in [-0.2, -0.15) is 5.26 Å². The minimum absolute atomic E-state index is 0.172. The number of nitrogens with zero attached hydrogens (tertiary/aromatic N) is 2. The molecule has 1 aromatic carbocycles. The van der Waals surface area contributed by atoms with Crippen LogP contribution in [0.2, 0.25) is 0 Å². The number of anilines is 1. The molecule has 18 heavy (non-hydrogen) atoms. The van der Waals surface area contributed by atoms with E-state index in [0.29, 0.717) is 0 Å². The summed E-state index contributed by atoms with van der Waals surface area (Å²) in [6, 6.07) is 8.25. The Hall–Kier alpha value is -1.53. The minimum Gasteiger partial charge on any atom is -0.369 e. The van der Waals surface area contributed by atoms with Gasteiger partial charge in [-0.05, 0) is 45.4 Å². The summed E-state index contributed by atoms with van der Waals surface area (Å²) >= 11 is 0. The van der Waals surface area contributed by atoms with Crippen LogP contribution in [0.4, 0.5) is 5.69 Å². The first-order chi connectivity index (χ1) is 8.41. The summed E-state index contributed by atoms with van der Waals surface area (Å²) in [7, 11) is 0. The Balaban J connectivity index is 2.36. The number of hydrogen-bond donors (Lipinski definition) is 0. The lowest BCUT2D eigenvalue weighted by Crippen LogP contribution is -2.52. The van der Waals surface area contributed by atoms with E-state index >= 15 is 0 Å². The summed E-state index contributed by atoms with van der Waals surface area (Å²) in [5, 5.41) is 9.23. The first-order valence-electron chi connectivity index (χ1n) is 6.35. The van der Waals surface area contributed by atoms with Gasteiger partial charge in [0.15, 0.2) is 0 Å². The topological polar surface area (TPSA) is 36.3 Å². The van der Waals surface area contributed by atoms with Crippen LogP contribution in [0, 0.1) is 18.3 Å². The van der Waals surface area contributed by atoms with Crippen LogP contribution in [-0.4, -0.2) is 24.8 Å². The molecule has 1 aliphatic rings. The van der Waals surface area contributed by atoms with Gasteiger partial charge in [-0.3, -0.25) is 0 Å². The van der Waals surface area contributed by atoms with E-state index in [1.165, 1.54) is 5.56 Å². The van der Waals surface area contributed by atoms with E-state index < -0.39 is 0 Å². The molecule has 0 saturated carbocycles. The minimum atomic E-state index is -0.172. The molecule has 1 saturated heterocycles. The number of hydrogen-bond acceptors (Lipinski definition) is 3. The number of aryl methyl sites for hydroxylation is 1. The molecule has 0 aromatic heterocycles. The molecule has 1 fully saturated rings. The fraction of sp³-hybridized carbons (Fsp3) is 0.533. The van der Waals surface area contributed by atoms with Crippen molar-refractivity contribution in [3.63, 3.8) is 0 Å². The Labute approximate surface area is 109 Å². The van der Waals surface area contributed by atoms with Crippen LogP contribution >= 0.6 is 0 Å². The van der Waals surface area contributed by atoms with E-state index in [0.717, 1.165) is 24.3 Å². The van der Waals surface area contributed by atoms with Gasteiger partial charge in [0.05, 0.1) is 23.0 Å². The monoisotopic (exact) mass is 244 g/mol. The summed E-state index contributed by atoms with van der Waals surface area (Å²) in [5.74, 6) is 0. The normalized spacial score (nSPS) is 22.6. The van der Waals surface area contributed by atoms with Gasteiger partial charge in [-0.15, -0.1) is 0 Å². The quantitative estimate of drug-likeness (QED) is 0.762. The highest BCUT2D eigenvalue weighted by molar-refractivity contribution is 5.61. The molecule has 0 spiro atoms. The van der Waals surface area contributed by atoms with Crippen molar-refractivity contribution in [1.82, 2.24) is 0 Å². The van der Waals surface area contributed by atoms with E-state index in [1.54, 1.807) is 0 Å². The lowest BCUT2D eigenvalue weighted by atomic mass is 10.0. The van der Waals surface area contributed by atoms with Crippen LogP contribution in [-0.2, 0) is 4.74 Å². The summed E-state index contributed by atoms with van der Waals surface area (Å²) in [6.07, 6.45) is 0.181. The molecule has 1 heterocycles. The summed E-state index contributed by atoms with van der Waals surface area (Å²) in [5.41, 5.74) is 2.78. The average Bonchev–Trinajstić information content (AvgIpc) is 2.26. The smallest absolute Gasteiger partial charge is 0.101 e. The van der Waals surface area contributed by atoms with E-state index in [1.807, 2.05) is 12.1 Å². The Morgan fingerprint density at radius 2 is 2.17 bits per heavy atom. The SMILES string of the molecule is Cc1ccc(C#N)c(N2CC(C)OC(C)(C)C2)c1. The van der Waals surface area contributed by atoms with Gasteiger partial charge in [-0.25, -0.2) is 0 Å². The predicted molar refractivity (Wildman–Crippen MR) is 72.7 cm³/mol. The first-order valence-corrected chi connectivity index (χ1v) is 6.35. The molecule has 2 rings (SSSR count). The van der Waals surface area contributed by atoms with Crippen molar-refractivity contribution in [2.75, 3.05) is 18.0 Å². The standard InChI is InChI=1S/C15H20N2O/c1-11-5-6-13(8-16)14(7-11)17-9-12(2)18-15(3,4)10-17/h5-7,12H,9-10H2,1-4H3. The van der Waals surface area contributed by atoms with E-state index in [4.69, 9.17) is 4.74 Å². The van der Waals surface area contributed by atoms with Crippen LogP contribution in [0.1, 0.15) is 31.9 Å². The number of nitriles is 1. The lowest BCUT2D eigenvalue weighted by molar-refractivity contribution is -0.0749. The van der Waals surface area contributed by atoms with E-state index in [2.05, 4.69) is 44.7 Å². The van der Waals surface area contributed by atoms with Gasteiger partial charge in [0.25, 0.3) is 0 Å². The maximum Gasteiger partial charge on any atom is 0.101 e. The van der Waals surface area contributed by atoms with E-state index in [9.17, 15) is 5.26 Å². The number of ether oxygens (including phenoxy) is 1. The van der Waals surface area contributed by atoms with Gasteiger partial charge in [0.2, 0.25) is 0 Å². The Bertz CT molecular complexity index is 488. The number of morpholine rings is 1. The molecular formula is C15H20N2O. The predicted octanol–water partition coefficient (Wildman–Crippen LogP) is 2.87. The number of benzene rings is 1. The second kappa shape index (κ2) is 4.62.